The lowest BCUT2D eigenvalue weighted by Crippen LogP contribution is -2.48. The normalized spacial score (nSPS) is 18.2. The fourth-order valence-corrected chi connectivity index (χ4v) is 4.17. The maximum atomic E-state index is 12.6. The number of hydrogen-bond acceptors (Lipinski definition) is 5. The van der Waals surface area contributed by atoms with Crippen molar-refractivity contribution in [2.45, 2.75) is 58.0 Å². The second kappa shape index (κ2) is 12.1. The van der Waals surface area contributed by atoms with Gasteiger partial charge in [0, 0.05) is 24.2 Å². The standard InChI is InChI=1S/C24H37N3O4.ClH/c1-7-9-17-10-11-19(20(14-17)30-6)31-16-21(28)25-12-8-13-26-22(29)18-15-23(2,3)27-24(18,4)5;/h7,10-11,14,18,27H,1,8-9,12-13,15-16H2,2-6H3,(H,25,28)(H,26,29);1H. The highest BCUT2D eigenvalue weighted by molar-refractivity contribution is 5.85. The van der Waals surface area contributed by atoms with E-state index in [1.54, 1.807) is 13.2 Å². The fourth-order valence-electron chi connectivity index (χ4n) is 4.17. The number of amides is 2. The van der Waals surface area contributed by atoms with Crippen molar-refractivity contribution >= 4 is 24.2 Å². The minimum Gasteiger partial charge on any atom is -0.493 e. The lowest BCUT2D eigenvalue weighted by Gasteiger charge is -2.27. The number of rotatable bonds is 11. The van der Waals surface area contributed by atoms with Crippen molar-refractivity contribution in [3.05, 3.63) is 36.4 Å². The summed E-state index contributed by atoms with van der Waals surface area (Å²) in [5.74, 6) is 0.880. The average molecular weight is 468 g/mol. The molecule has 1 unspecified atom stereocenters. The minimum absolute atomic E-state index is 0. The number of benzene rings is 1. The van der Waals surface area contributed by atoms with E-state index in [-0.39, 0.29) is 47.8 Å². The van der Waals surface area contributed by atoms with Crippen molar-refractivity contribution in [3.63, 3.8) is 0 Å². The molecule has 8 heteroatoms. The van der Waals surface area contributed by atoms with Crippen LogP contribution in [0.25, 0.3) is 0 Å². The van der Waals surface area contributed by atoms with Gasteiger partial charge in [-0.2, -0.15) is 0 Å². The van der Waals surface area contributed by atoms with Gasteiger partial charge in [0.2, 0.25) is 5.91 Å². The van der Waals surface area contributed by atoms with Gasteiger partial charge >= 0.3 is 0 Å². The molecule has 1 aromatic carbocycles. The molecule has 2 amide bonds. The first-order chi connectivity index (χ1) is 14.6. The van der Waals surface area contributed by atoms with Gasteiger partial charge in [-0.15, -0.1) is 19.0 Å². The molecule has 0 radical (unpaired) electrons. The van der Waals surface area contributed by atoms with Crippen LogP contribution in [0.2, 0.25) is 0 Å². The second-order valence-corrected chi connectivity index (χ2v) is 9.25. The van der Waals surface area contributed by atoms with Crippen molar-refractivity contribution in [2.24, 2.45) is 5.92 Å². The molecule has 180 valence electrons. The van der Waals surface area contributed by atoms with Crippen LogP contribution in [-0.4, -0.2) is 49.7 Å². The molecule has 0 bridgehead atoms. The van der Waals surface area contributed by atoms with Crippen molar-refractivity contribution in [3.8, 4) is 11.5 Å². The predicted molar refractivity (Wildman–Crippen MR) is 130 cm³/mol. The third kappa shape index (κ3) is 8.02. The maximum absolute atomic E-state index is 12.6. The Morgan fingerprint density at radius 1 is 1.19 bits per heavy atom. The largest absolute Gasteiger partial charge is 0.493 e. The minimum atomic E-state index is -0.232. The Labute approximate surface area is 198 Å². The smallest absolute Gasteiger partial charge is 0.257 e. The van der Waals surface area contributed by atoms with Crippen molar-refractivity contribution in [1.82, 2.24) is 16.0 Å². The Morgan fingerprint density at radius 3 is 2.47 bits per heavy atom. The summed E-state index contributed by atoms with van der Waals surface area (Å²) < 4.78 is 10.9. The van der Waals surface area contributed by atoms with E-state index in [0.717, 1.165) is 18.4 Å². The Balaban J connectivity index is 0.00000512. The first-order valence-corrected chi connectivity index (χ1v) is 10.8. The van der Waals surface area contributed by atoms with Crippen LogP contribution in [0.4, 0.5) is 0 Å². The summed E-state index contributed by atoms with van der Waals surface area (Å²) in [6.07, 6.45) is 4.01. The summed E-state index contributed by atoms with van der Waals surface area (Å²) >= 11 is 0. The van der Waals surface area contributed by atoms with Crippen LogP contribution in [0, 0.1) is 5.92 Å². The zero-order chi connectivity index (χ0) is 23.1. The summed E-state index contributed by atoms with van der Waals surface area (Å²) in [5.41, 5.74) is 0.782. The molecule has 0 spiro atoms. The molecule has 32 heavy (non-hydrogen) atoms. The Morgan fingerprint density at radius 2 is 1.88 bits per heavy atom. The zero-order valence-corrected chi connectivity index (χ0v) is 20.7. The number of carbonyl (C=O) groups is 2. The predicted octanol–water partition coefficient (Wildman–Crippen LogP) is 3.01. The lowest BCUT2D eigenvalue weighted by molar-refractivity contribution is -0.126. The molecular formula is C24H38ClN3O4. The van der Waals surface area contributed by atoms with E-state index in [4.69, 9.17) is 9.47 Å². The van der Waals surface area contributed by atoms with Gasteiger partial charge in [-0.25, -0.2) is 0 Å². The van der Waals surface area contributed by atoms with Gasteiger partial charge in [-0.3, -0.25) is 9.59 Å². The number of methoxy groups -OCH3 is 1. The number of nitrogens with one attached hydrogen (secondary N) is 3. The Hall–Kier alpha value is -2.25. The maximum Gasteiger partial charge on any atom is 0.257 e. The summed E-state index contributed by atoms with van der Waals surface area (Å²) in [7, 11) is 1.57. The molecule has 1 aliphatic heterocycles. The highest BCUT2D eigenvalue weighted by Crippen LogP contribution is 2.35. The second-order valence-electron chi connectivity index (χ2n) is 9.25. The highest BCUT2D eigenvalue weighted by Gasteiger charge is 2.47. The topological polar surface area (TPSA) is 88.7 Å². The molecule has 0 saturated carbocycles. The first kappa shape index (κ1) is 27.8. The molecule has 1 heterocycles. The zero-order valence-electron chi connectivity index (χ0n) is 19.9. The summed E-state index contributed by atoms with van der Waals surface area (Å²) in [4.78, 5) is 24.6. The third-order valence-electron chi connectivity index (χ3n) is 5.50. The molecule has 1 fully saturated rings. The molecule has 1 saturated heterocycles. The van der Waals surface area contributed by atoms with Crippen LogP contribution in [0.5, 0.6) is 11.5 Å². The fraction of sp³-hybridized carbons (Fsp3) is 0.583. The number of hydrogen-bond donors (Lipinski definition) is 3. The Kier molecular flexibility index (Phi) is 10.5. The molecule has 7 nitrogen and oxygen atoms in total. The molecule has 1 aromatic rings. The van der Waals surface area contributed by atoms with E-state index in [1.165, 1.54) is 0 Å². The summed E-state index contributed by atoms with van der Waals surface area (Å²) in [6.45, 7) is 13.0. The van der Waals surface area contributed by atoms with Crippen LogP contribution in [0.3, 0.4) is 0 Å². The van der Waals surface area contributed by atoms with Gasteiger partial charge in [-0.1, -0.05) is 12.1 Å². The monoisotopic (exact) mass is 467 g/mol. The summed E-state index contributed by atoms with van der Waals surface area (Å²) in [6, 6.07) is 5.59. The molecule has 0 aliphatic carbocycles. The van der Waals surface area contributed by atoms with Gasteiger partial charge in [0.05, 0.1) is 13.0 Å². The van der Waals surface area contributed by atoms with Gasteiger partial charge in [0.15, 0.2) is 18.1 Å². The van der Waals surface area contributed by atoms with E-state index in [1.807, 2.05) is 18.2 Å². The third-order valence-corrected chi connectivity index (χ3v) is 5.50. The SMILES string of the molecule is C=CCc1ccc(OCC(=O)NCCCNC(=O)C2CC(C)(C)NC2(C)C)c(OC)c1.Cl. The molecule has 1 aliphatic rings. The van der Waals surface area contributed by atoms with E-state index < -0.39 is 0 Å². The lowest BCUT2D eigenvalue weighted by atomic mass is 9.86. The van der Waals surface area contributed by atoms with E-state index in [9.17, 15) is 9.59 Å². The molecular weight excluding hydrogens is 430 g/mol. The van der Waals surface area contributed by atoms with Gasteiger partial charge in [0.25, 0.3) is 5.91 Å². The quantitative estimate of drug-likeness (QED) is 0.344. The van der Waals surface area contributed by atoms with Crippen molar-refractivity contribution in [2.75, 3.05) is 26.8 Å². The number of halogens is 1. The van der Waals surface area contributed by atoms with Crippen LogP contribution >= 0.6 is 12.4 Å². The molecule has 0 aromatic heterocycles. The molecule has 2 rings (SSSR count). The van der Waals surface area contributed by atoms with E-state index in [0.29, 0.717) is 31.0 Å². The van der Waals surface area contributed by atoms with E-state index in [2.05, 4.69) is 50.2 Å². The number of ether oxygens (including phenoxy) is 2. The van der Waals surface area contributed by atoms with E-state index >= 15 is 0 Å². The van der Waals surface area contributed by atoms with Crippen LogP contribution in [-0.2, 0) is 16.0 Å². The first-order valence-electron chi connectivity index (χ1n) is 10.8. The van der Waals surface area contributed by atoms with Crippen molar-refractivity contribution < 1.29 is 19.1 Å². The van der Waals surface area contributed by atoms with Crippen LogP contribution in [0.15, 0.2) is 30.9 Å². The summed E-state index contributed by atoms with van der Waals surface area (Å²) in [5, 5.41) is 9.33. The highest BCUT2D eigenvalue weighted by atomic mass is 35.5. The van der Waals surface area contributed by atoms with Crippen LogP contribution in [0.1, 0.15) is 46.1 Å². The molecule has 1 atom stereocenters. The molecule has 3 N–H and O–H groups in total. The van der Waals surface area contributed by atoms with Gasteiger partial charge in [0.1, 0.15) is 0 Å². The number of carbonyl (C=O) groups excluding carboxylic acids is 2. The van der Waals surface area contributed by atoms with Gasteiger partial charge in [-0.05, 0) is 64.7 Å². The van der Waals surface area contributed by atoms with Crippen molar-refractivity contribution in [1.29, 1.82) is 0 Å². The Bertz CT molecular complexity index is 795. The number of allylic oxidation sites excluding steroid dienone is 1. The average Bonchev–Trinajstić information content (AvgIpc) is 2.93. The van der Waals surface area contributed by atoms with Gasteiger partial charge < -0.3 is 25.4 Å². The van der Waals surface area contributed by atoms with Crippen LogP contribution < -0.4 is 25.4 Å².